The summed E-state index contributed by atoms with van der Waals surface area (Å²) in [6.07, 6.45) is 4.31. The van der Waals surface area contributed by atoms with Crippen molar-refractivity contribution >= 4 is 20.5 Å². The summed E-state index contributed by atoms with van der Waals surface area (Å²) in [7, 11) is -1.76. The molecule has 30 heavy (non-hydrogen) atoms. The Hall–Kier alpha value is -2.36. The minimum absolute atomic E-state index is 0.194. The fourth-order valence-corrected chi connectivity index (χ4v) is 3.95. The number of benzene rings is 1. The van der Waals surface area contributed by atoms with Gasteiger partial charge in [-0.3, -0.25) is 0 Å². The van der Waals surface area contributed by atoms with Crippen molar-refractivity contribution < 1.29 is 9.16 Å². The summed E-state index contributed by atoms with van der Waals surface area (Å²) >= 11 is 0. The molecule has 0 unspecified atom stereocenters. The van der Waals surface area contributed by atoms with Gasteiger partial charge in [0.05, 0.1) is 6.61 Å². The van der Waals surface area contributed by atoms with Crippen LogP contribution < -0.4 is 0 Å². The lowest BCUT2D eigenvalue weighted by Gasteiger charge is -2.36. The molecule has 0 saturated carbocycles. The molecule has 0 radical (unpaired) electrons. The van der Waals surface area contributed by atoms with Gasteiger partial charge < -0.3 is 13.7 Å². The van der Waals surface area contributed by atoms with Crippen LogP contribution in [0.25, 0.3) is 11.1 Å². The van der Waals surface area contributed by atoms with Crippen LogP contribution in [0.1, 0.15) is 45.2 Å². The molecule has 6 heteroatoms. The normalized spacial score (nSPS) is 12.3. The van der Waals surface area contributed by atoms with Crippen LogP contribution in [0.4, 0.5) is 5.82 Å². The van der Waals surface area contributed by atoms with Crippen molar-refractivity contribution in [3.8, 4) is 17.2 Å². The zero-order chi connectivity index (χ0) is 22.4. The third kappa shape index (κ3) is 5.84. The quantitative estimate of drug-likeness (QED) is 0.201. The molecule has 0 spiro atoms. The SMILES string of the molecule is CCO/C=N/c1c(C#N)c(-c2ccc(C)cc2)cn1CCCO[Si](C)(C)C(C)(C)C. The summed E-state index contributed by atoms with van der Waals surface area (Å²) in [4.78, 5) is 4.46. The number of nitriles is 1. The van der Waals surface area contributed by atoms with Gasteiger partial charge in [-0.1, -0.05) is 50.6 Å². The summed E-state index contributed by atoms with van der Waals surface area (Å²) in [5, 5.41) is 10.1. The highest BCUT2D eigenvalue weighted by Crippen LogP contribution is 2.37. The number of rotatable bonds is 9. The lowest BCUT2D eigenvalue weighted by Crippen LogP contribution is -2.41. The van der Waals surface area contributed by atoms with Crippen molar-refractivity contribution in [3.05, 3.63) is 41.6 Å². The Balaban J connectivity index is 2.26. The van der Waals surface area contributed by atoms with E-state index in [1.165, 1.54) is 12.0 Å². The van der Waals surface area contributed by atoms with Gasteiger partial charge in [0.15, 0.2) is 20.5 Å². The van der Waals surface area contributed by atoms with Gasteiger partial charge in [-0.05, 0) is 44.0 Å². The Morgan fingerprint density at radius 1 is 1.20 bits per heavy atom. The molecule has 1 heterocycles. The zero-order valence-electron chi connectivity index (χ0n) is 19.5. The molecule has 0 bridgehead atoms. The molecule has 0 amide bonds. The lowest BCUT2D eigenvalue weighted by molar-refractivity contribution is 0.275. The molecule has 5 nitrogen and oxygen atoms in total. The molecule has 0 aliphatic rings. The third-order valence-corrected chi connectivity index (χ3v) is 10.3. The smallest absolute Gasteiger partial charge is 0.191 e. The molecule has 0 atom stereocenters. The van der Waals surface area contributed by atoms with Crippen LogP contribution in [0.3, 0.4) is 0 Å². The van der Waals surface area contributed by atoms with Gasteiger partial charge in [0.25, 0.3) is 0 Å². The Morgan fingerprint density at radius 3 is 2.43 bits per heavy atom. The second-order valence-electron chi connectivity index (χ2n) is 9.06. The fraction of sp³-hybridized carbons (Fsp3) is 0.500. The molecular formula is C24H35N3O2Si. The Labute approximate surface area is 182 Å². The molecule has 0 N–H and O–H groups in total. The van der Waals surface area contributed by atoms with Crippen LogP contribution in [-0.2, 0) is 15.7 Å². The largest absolute Gasteiger partial charge is 0.483 e. The topological polar surface area (TPSA) is 59.5 Å². The minimum Gasteiger partial charge on any atom is -0.483 e. The van der Waals surface area contributed by atoms with Crippen LogP contribution >= 0.6 is 0 Å². The van der Waals surface area contributed by atoms with Crippen molar-refractivity contribution in [2.75, 3.05) is 13.2 Å². The summed E-state index contributed by atoms with van der Waals surface area (Å²) in [5.74, 6) is 0.633. The first kappa shape index (κ1) is 23.9. The molecule has 0 fully saturated rings. The molecule has 162 valence electrons. The first-order valence-electron chi connectivity index (χ1n) is 10.6. The second-order valence-corrected chi connectivity index (χ2v) is 13.9. The van der Waals surface area contributed by atoms with Crippen LogP contribution in [0.5, 0.6) is 0 Å². The van der Waals surface area contributed by atoms with E-state index >= 15 is 0 Å². The number of aliphatic imine (C=N–C) groups is 1. The number of hydrogen-bond donors (Lipinski definition) is 0. The molecule has 1 aromatic heterocycles. The summed E-state index contributed by atoms with van der Waals surface area (Å²) in [5.41, 5.74) is 3.67. The van der Waals surface area contributed by atoms with E-state index in [0.29, 0.717) is 24.6 Å². The van der Waals surface area contributed by atoms with E-state index in [9.17, 15) is 5.26 Å². The van der Waals surface area contributed by atoms with E-state index in [-0.39, 0.29) is 5.04 Å². The van der Waals surface area contributed by atoms with Gasteiger partial charge >= 0.3 is 0 Å². The van der Waals surface area contributed by atoms with Crippen LogP contribution in [0.15, 0.2) is 35.5 Å². The standard InChI is InChI=1S/C24H35N3O2Si/c1-8-28-18-26-23-21(16-25)22(20-12-10-19(2)11-13-20)17-27(23)14-9-15-29-30(6,7)24(3,4)5/h10-13,17-18H,8-9,14-15H2,1-7H3/b26-18+. The highest BCUT2D eigenvalue weighted by Gasteiger charge is 2.36. The van der Waals surface area contributed by atoms with Gasteiger partial charge in [-0.15, -0.1) is 0 Å². The monoisotopic (exact) mass is 425 g/mol. The molecule has 2 rings (SSSR count). The maximum atomic E-state index is 9.86. The van der Waals surface area contributed by atoms with Gasteiger partial charge in [-0.25, -0.2) is 4.99 Å². The van der Waals surface area contributed by atoms with E-state index in [4.69, 9.17) is 9.16 Å². The highest BCUT2D eigenvalue weighted by atomic mass is 28.4. The number of nitrogens with zero attached hydrogens (tertiary/aromatic N) is 3. The summed E-state index contributed by atoms with van der Waals surface area (Å²) in [6.45, 7) is 17.2. The fourth-order valence-electron chi connectivity index (χ4n) is 2.86. The number of hydrogen-bond acceptors (Lipinski definition) is 4. The molecule has 0 aliphatic carbocycles. The maximum Gasteiger partial charge on any atom is 0.191 e. The summed E-state index contributed by atoms with van der Waals surface area (Å²) < 4.78 is 13.6. The average Bonchev–Trinajstić information content (AvgIpc) is 3.02. The van der Waals surface area contributed by atoms with Gasteiger partial charge in [0.2, 0.25) is 0 Å². The third-order valence-electron chi connectivity index (χ3n) is 5.75. The maximum absolute atomic E-state index is 9.86. The van der Waals surface area contributed by atoms with Gasteiger partial charge in [-0.2, -0.15) is 5.26 Å². The van der Waals surface area contributed by atoms with Crippen molar-refractivity contribution in [2.45, 2.75) is 65.7 Å². The van der Waals surface area contributed by atoms with E-state index in [1.807, 2.05) is 29.8 Å². The number of aryl methyl sites for hydroxylation is 2. The minimum atomic E-state index is -1.76. The van der Waals surface area contributed by atoms with Gasteiger partial charge in [0.1, 0.15) is 11.6 Å². The summed E-state index contributed by atoms with van der Waals surface area (Å²) in [6, 6.07) is 10.6. The number of aromatic nitrogens is 1. The van der Waals surface area contributed by atoms with E-state index in [0.717, 1.165) is 24.1 Å². The molecular weight excluding hydrogens is 390 g/mol. The van der Waals surface area contributed by atoms with Crippen LogP contribution in [0.2, 0.25) is 18.1 Å². The lowest BCUT2D eigenvalue weighted by atomic mass is 10.0. The second kappa shape index (κ2) is 10.1. The van der Waals surface area contributed by atoms with Crippen molar-refractivity contribution in [1.82, 2.24) is 4.57 Å². The predicted octanol–water partition coefficient (Wildman–Crippen LogP) is 6.44. The Morgan fingerprint density at radius 2 is 1.87 bits per heavy atom. The van der Waals surface area contributed by atoms with Crippen molar-refractivity contribution in [2.24, 2.45) is 4.99 Å². The highest BCUT2D eigenvalue weighted by molar-refractivity contribution is 6.74. The van der Waals surface area contributed by atoms with E-state index < -0.39 is 8.32 Å². The first-order valence-corrected chi connectivity index (χ1v) is 13.5. The molecule has 0 saturated heterocycles. The zero-order valence-corrected chi connectivity index (χ0v) is 20.5. The van der Waals surface area contributed by atoms with Crippen molar-refractivity contribution in [3.63, 3.8) is 0 Å². The van der Waals surface area contributed by atoms with Crippen LogP contribution in [-0.4, -0.2) is 32.5 Å². The first-order chi connectivity index (χ1) is 14.1. The van der Waals surface area contributed by atoms with Gasteiger partial charge in [0, 0.05) is 24.9 Å². The molecule has 0 aliphatic heterocycles. The predicted molar refractivity (Wildman–Crippen MR) is 127 cm³/mol. The van der Waals surface area contributed by atoms with E-state index in [2.05, 4.69) is 64.0 Å². The van der Waals surface area contributed by atoms with Crippen molar-refractivity contribution in [1.29, 1.82) is 5.26 Å². The molecule has 2 aromatic rings. The molecule has 1 aromatic carbocycles. The Bertz CT molecular complexity index is 900. The van der Waals surface area contributed by atoms with Crippen LogP contribution in [0, 0.1) is 18.3 Å². The average molecular weight is 426 g/mol. The Kier molecular flexibility index (Phi) is 8.05. The number of ether oxygens (including phenoxy) is 1. The van der Waals surface area contributed by atoms with E-state index in [1.54, 1.807) is 0 Å².